The second kappa shape index (κ2) is 5.63. The molecule has 2 rings (SSSR count). The van der Waals surface area contributed by atoms with Crippen molar-refractivity contribution in [2.75, 3.05) is 7.05 Å². The van der Waals surface area contributed by atoms with Gasteiger partial charge in [0.15, 0.2) is 11.6 Å². The summed E-state index contributed by atoms with van der Waals surface area (Å²) >= 11 is 5.93. The van der Waals surface area contributed by atoms with Crippen molar-refractivity contribution in [1.82, 2.24) is 5.32 Å². The van der Waals surface area contributed by atoms with Crippen LogP contribution in [-0.2, 0) is 6.54 Å². The van der Waals surface area contributed by atoms with Crippen molar-refractivity contribution in [2.45, 2.75) is 6.54 Å². The average molecular weight is 286 g/mol. The van der Waals surface area contributed by atoms with E-state index in [-0.39, 0.29) is 5.02 Å². The highest BCUT2D eigenvalue weighted by Crippen LogP contribution is 2.32. The van der Waals surface area contributed by atoms with Gasteiger partial charge in [-0.25, -0.2) is 13.2 Å². The first-order chi connectivity index (χ1) is 9.02. The highest BCUT2D eigenvalue weighted by atomic mass is 35.5. The molecule has 2 aromatic carbocycles. The van der Waals surface area contributed by atoms with Gasteiger partial charge in [0.05, 0.1) is 5.02 Å². The van der Waals surface area contributed by atoms with E-state index < -0.39 is 17.5 Å². The monoisotopic (exact) mass is 285 g/mol. The van der Waals surface area contributed by atoms with Crippen molar-refractivity contribution >= 4 is 11.6 Å². The number of halogens is 4. The van der Waals surface area contributed by atoms with Crippen LogP contribution in [0.2, 0.25) is 5.02 Å². The lowest BCUT2D eigenvalue weighted by Gasteiger charge is -2.11. The number of hydrogen-bond donors (Lipinski definition) is 1. The Morgan fingerprint density at radius 3 is 2.37 bits per heavy atom. The zero-order valence-corrected chi connectivity index (χ0v) is 10.9. The Labute approximate surface area is 114 Å². The highest BCUT2D eigenvalue weighted by Gasteiger charge is 2.13. The lowest BCUT2D eigenvalue weighted by atomic mass is 9.99. The van der Waals surface area contributed by atoms with Crippen LogP contribution in [0.5, 0.6) is 0 Å². The van der Waals surface area contributed by atoms with Crippen LogP contribution < -0.4 is 5.32 Å². The van der Waals surface area contributed by atoms with Crippen LogP contribution in [0.1, 0.15) is 5.56 Å². The Hall–Kier alpha value is -1.52. The number of rotatable bonds is 3. The van der Waals surface area contributed by atoms with Gasteiger partial charge in [0.2, 0.25) is 0 Å². The minimum Gasteiger partial charge on any atom is -0.316 e. The quantitative estimate of drug-likeness (QED) is 0.836. The Bertz CT molecular complexity index is 614. The first kappa shape index (κ1) is 13.9. The predicted molar refractivity (Wildman–Crippen MR) is 69.5 cm³/mol. The molecule has 100 valence electrons. The Kier molecular flexibility index (Phi) is 4.12. The fourth-order valence-corrected chi connectivity index (χ4v) is 2.14. The van der Waals surface area contributed by atoms with E-state index in [9.17, 15) is 13.2 Å². The maximum absolute atomic E-state index is 13.3. The van der Waals surface area contributed by atoms with Crippen LogP contribution >= 0.6 is 11.6 Å². The minimum absolute atomic E-state index is 0.0860. The van der Waals surface area contributed by atoms with Crippen LogP contribution in [-0.4, -0.2) is 7.05 Å². The Balaban J connectivity index is 2.61. The van der Waals surface area contributed by atoms with Gasteiger partial charge in [0, 0.05) is 12.1 Å². The molecule has 0 aliphatic heterocycles. The molecule has 0 saturated carbocycles. The Morgan fingerprint density at radius 2 is 1.68 bits per heavy atom. The van der Waals surface area contributed by atoms with Crippen molar-refractivity contribution in [2.24, 2.45) is 0 Å². The summed E-state index contributed by atoms with van der Waals surface area (Å²) in [6.07, 6.45) is 0. The van der Waals surface area contributed by atoms with Gasteiger partial charge in [-0.3, -0.25) is 0 Å². The molecule has 5 heteroatoms. The van der Waals surface area contributed by atoms with E-state index in [0.29, 0.717) is 23.2 Å². The molecule has 0 unspecified atom stereocenters. The molecule has 0 fully saturated rings. The largest absolute Gasteiger partial charge is 0.316 e. The molecule has 0 aliphatic carbocycles. The molecule has 19 heavy (non-hydrogen) atoms. The van der Waals surface area contributed by atoms with Gasteiger partial charge >= 0.3 is 0 Å². The molecule has 1 nitrogen and oxygen atoms in total. The normalized spacial score (nSPS) is 10.8. The zero-order valence-electron chi connectivity index (χ0n) is 10.1. The highest BCUT2D eigenvalue weighted by molar-refractivity contribution is 6.33. The summed E-state index contributed by atoms with van der Waals surface area (Å²) in [6.45, 7) is 0.391. The summed E-state index contributed by atoms with van der Waals surface area (Å²) in [5.41, 5.74) is 1.53. The van der Waals surface area contributed by atoms with E-state index in [0.717, 1.165) is 12.1 Å². The molecule has 1 N–H and O–H groups in total. The molecule has 0 radical (unpaired) electrons. The van der Waals surface area contributed by atoms with Gasteiger partial charge in [-0.2, -0.15) is 0 Å². The molecule has 0 atom stereocenters. The number of hydrogen-bond acceptors (Lipinski definition) is 1. The van der Waals surface area contributed by atoms with Gasteiger partial charge < -0.3 is 5.32 Å². The van der Waals surface area contributed by atoms with Crippen molar-refractivity contribution in [3.8, 4) is 11.1 Å². The van der Waals surface area contributed by atoms with Crippen molar-refractivity contribution in [3.05, 3.63) is 58.4 Å². The van der Waals surface area contributed by atoms with Crippen molar-refractivity contribution < 1.29 is 13.2 Å². The number of nitrogens with one attached hydrogen (secondary N) is 1. The van der Waals surface area contributed by atoms with E-state index in [4.69, 9.17) is 11.6 Å². The van der Waals surface area contributed by atoms with E-state index in [2.05, 4.69) is 5.32 Å². The fourth-order valence-electron chi connectivity index (χ4n) is 1.89. The third-order valence-electron chi connectivity index (χ3n) is 2.73. The molecule has 0 spiro atoms. The molecule has 2 aromatic rings. The number of benzene rings is 2. The average Bonchev–Trinajstić information content (AvgIpc) is 2.35. The zero-order chi connectivity index (χ0) is 14.0. The topological polar surface area (TPSA) is 12.0 Å². The summed E-state index contributed by atoms with van der Waals surface area (Å²) in [6, 6.07) is 6.03. The van der Waals surface area contributed by atoms with Gasteiger partial charge in [-0.1, -0.05) is 17.7 Å². The van der Waals surface area contributed by atoms with Crippen LogP contribution in [0.3, 0.4) is 0 Å². The summed E-state index contributed by atoms with van der Waals surface area (Å²) in [7, 11) is 1.71. The van der Waals surface area contributed by atoms with Crippen LogP contribution in [0.4, 0.5) is 13.2 Å². The van der Waals surface area contributed by atoms with E-state index in [1.807, 2.05) is 0 Å². The van der Waals surface area contributed by atoms with E-state index in [1.54, 1.807) is 7.05 Å². The van der Waals surface area contributed by atoms with Crippen LogP contribution in [0.15, 0.2) is 30.3 Å². The molecular formula is C14H11ClF3N. The summed E-state index contributed by atoms with van der Waals surface area (Å²) in [5, 5.41) is 2.98. The minimum atomic E-state index is -1.01. The molecule has 0 heterocycles. The standard InChI is InChI=1S/C14H11ClF3N/c1-19-7-8-4-9(16)2-3-10(8)11-5-13(17)14(18)6-12(11)15/h2-6,19H,7H2,1H3. The fraction of sp³-hybridized carbons (Fsp3) is 0.143. The maximum Gasteiger partial charge on any atom is 0.160 e. The second-order valence-electron chi connectivity index (χ2n) is 4.08. The molecule has 0 amide bonds. The van der Waals surface area contributed by atoms with Gasteiger partial charge in [0.1, 0.15) is 5.82 Å². The summed E-state index contributed by atoms with van der Waals surface area (Å²) in [4.78, 5) is 0. The van der Waals surface area contributed by atoms with Crippen LogP contribution in [0.25, 0.3) is 11.1 Å². The lowest BCUT2D eigenvalue weighted by Crippen LogP contribution is -2.07. The first-order valence-electron chi connectivity index (χ1n) is 5.61. The molecular weight excluding hydrogens is 275 g/mol. The third kappa shape index (κ3) is 2.91. The second-order valence-corrected chi connectivity index (χ2v) is 4.49. The molecule has 0 aromatic heterocycles. The molecule has 0 saturated heterocycles. The van der Waals surface area contributed by atoms with E-state index in [1.165, 1.54) is 18.2 Å². The van der Waals surface area contributed by atoms with Crippen LogP contribution in [0, 0.1) is 17.5 Å². The third-order valence-corrected chi connectivity index (χ3v) is 3.05. The smallest absolute Gasteiger partial charge is 0.160 e. The summed E-state index contributed by atoms with van der Waals surface area (Å²) < 4.78 is 39.6. The summed E-state index contributed by atoms with van der Waals surface area (Å²) in [5.74, 6) is -2.39. The lowest BCUT2D eigenvalue weighted by molar-refractivity contribution is 0.509. The molecule has 0 bridgehead atoms. The van der Waals surface area contributed by atoms with Crippen molar-refractivity contribution in [3.63, 3.8) is 0 Å². The Morgan fingerprint density at radius 1 is 1.00 bits per heavy atom. The van der Waals surface area contributed by atoms with Gasteiger partial charge in [-0.15, -0.1) is 0 Å². The maximum atomic E-state index is 13.3. The van der Waals surface area contributed by atoms with Gasteiger partial charge in [-0.05, 0) is 42.4 Å². The first-order valence-corrected chi connectivity index (χ1v) is 5.98. The van der Waals surface area contributed by atoms with E-state index >= 15 is 0 Å². The molecule has 0 aliphatic rings. The predicted octanol–water partition coefficient (Wildman–Crippen LogP) is 4.14. The SMILES string of the molecule is CNCc1cc(F)ccc1-c1cc(F)c(F)cc1Cl. The van der Waals surface area contributed by atoms with Gasteiger partial charge in [0.25, 0.3) is 0 Å². The van der Waals surface area contributed by atoms with Crippen molar-refractivity contribution in [1.29, 1.82) is 0 Å².